The zero-order valence-corrected chi connectivity index (χ0v) is 41.6. The molecule has 0 amide bonds. The van der Waals surface area contributed by atoms with Gasteiger partial charge < -0.3 is 9.97 Å². The number of halogens is 7. The Labute approximate surface area is 406 Å². The van der Waals surface area contributed by atoms with Crippen LogP contribution in [0.5, 0.6) is 0 Å². The minimum absolute atomic E-state index is 0. The molecule has 7 aromatic rings. The van der Waals surface area contributed by atoms with Gasteiger partial charge in [-0.15, -0.1) is 22.1 Å². The summed E-state index contributed by atoms with van der Waals surface area (Å²) < 4.78 is 4.16. The third kappa shape index (κ3) is 7.27. The summed E-state index contributed by atoms with van der Waals surface area (Å²) in [5.74, 6) is 0. The first-order valence-electron chi connectivity index (χ1n) is 17.3. The van der Waals surface area contributed by atoms with Crippen molar-refractivity contribution in [2.45, 2.75) is 0 Å². The maximum absolute atomic E-state index is 13.3. The van der Waals surface area contributed by atoms with Gasteiger partial charge in [-0.2, -0.15) is 0 Å². The molecule has 59 heavy (non-hydrogen) atoms. The zero-order valence-electron chi connectivity index (χ0n) is 29.5. The van der Waals surface area contributed by atoms with E-state index in [1.807, 2.05) is 121 Å². The van der Waals surface area contributed by atoms with Crippen molar-refractivity contribution in [1.29, 1.82) is 0 Å². The van der Waals surface area contributed by atoms with Crippen LogP contribution >= 0.6 is 112 Å². The summed E-state index contributed by atoms with van der Waals surface area (Å²) in [4.78, 5) is 34.3. The molecule has 0 saturated carbocycles. The Hall–Kier alpha value is -3.24. The van der Waals surface area contributed by atoms with Crippen LogP contribution in [-0.4, -0.2) is 14.9 Å². The van der Waals surface area contributed by atoms with E-state index in [-0.39, 0.29) is 32.9 Å². The van der Waals surface area contributed by atoms with E-state index in [2.05, 4.69) is 112 Å². The summed E-state index contributed by atoms with van der Waals surface area (Å²) in [6, 6.07) is 38.9. The summed E-state index contributed by atoms with van der Waals surface area (Å²) in [5, 5.41) is 13.3. The van der Waals surface area contributed by atoms with Crippen molar-refractivity contribution in [3.63, 3.8) is 0 Å². The van der Waals surface area contributed by atoms with E-state index < -0.39 is 4.92 Å². The Morgan fingerprint density at radius 1 is 0.407 bits per heavy atom. The van der Waals surface area contributed by atoms with Crippen molar-refractivity contribution >= 4 is 153 Å². The third-order valence-corrected chi connectivity index (χ3v) is 16.7. The first-order valence-corrected chi connectivity index (χ1v) is 22.9. The van der Waals surface area contributed by atoms with E-state index in [0.29, 0.717) is 83.8 Å². The molecule has 293 valence electrons. The first kappa shape index (κ1) is 42.5. The van der Waals surface area contributed by atoms with Crippen LogP contribution in [0.15, 0.2) is 139 Å². The summed E-state index contributed by atoms with van der Waals surface area (Å²) in [7, 11) is 0. The molecule has 9 rings (SSSR count). The molecule has 0 fully saturated rings. The molecule has 8 bridgehead atoms. The Morgan fingerprint density at radius 3 is 0.949 bits per heavy atom. The predicted molar refractivity (Wildman–Crippen MR) is 259 cm³/mol. The fourth-order valence-electron chi connectivity index (χ4n) is 7.15. The normalized spacial score (nSPS) is 12.5. The van der Waals surface area contributed by atoms with Gasteiger partial charge in [-0.05, 0) is 86.7 Å². The molecule has 3 aromatic heterocycles. The quantitative estimate of drug-likeness (QED) is 0.0968. The monoisotopic (exact) mass is 1270 g/mol. The third-order valence-electron chi connectivity index (χ3n) is 9.69. The van der Waals surface area contributed by atoms with Gasteiger partial charge in [0.1, 0.15) is 10.2 Å². The van der Waals surface area contributed by atoms with Crippen LogP contribution in [0.2, 0.25) is 0 Å². The minimum atomic E-state index is -0.399. The molecule has 0 N–H and O–H groups in total. The van der Waals surface area contributed by atoms with Crippen LogP contribution in [0.3, 0.4) is 0 Å². The standard InChI is InChI=1S/C44H20Br7N5O2.Cu/c45-29-30(46)37-26(22-15-7-2-8-16-22)39-33(49)34(50)41(54-39)28(24-19-11-4-12-20-24)43-44(56(57)58)35(51)42(55-43)27(23-17-9-3-10-18-23)40-32(48)31(47)38(53-40)25(36(29)52-37)21-13-5-1-6-14-21;/h1-20H;/q-2;+2. The molecular formula is C44H20Br7CuN5O2. The Kier molecular flexibility index (Phi) is 12.4. The van der Waals surface area contributed by atoms with Crippen LogP contribution in [0.4, 0.5) is 0 Å². The van der Waals surface area contributed by atoms with Crippen LogP contribution in [0.25, 0.3) is 85.7 Å². The molecule has 15 heteroatoms. The van der Waals surface area contributed by atoms with Gasteiger partial charge in [-0.25, -0.2) is 9.97 Å². The summed E-state index contributed by atoms with van der Waals surface area (Å²) in [5.41, 5.74) is 9.27. The Bertz CT molecular complexity index is 3100. The van der Waals surface area contributed by atoms with Gasteiger partial charge in [-0.1, -0.05) is 185 Å². The zero-order chi connectivity index (χ0) is 40.4. The number of hydrogen-bond donors (Lipinski definition) is 0. The molecule has 0 atom stereocenters. The van der Waals surface area contributed by atoms with Crippen molar-refractivity contribution in [3.05, 3.63) is 172 Å². The van der Waals surface area contributed by atoms with E-state index >= 15 is 0 Å². The summed E-state index contributed by atoms with van der Waals surface area (Å²) in [6.07, 6.45) is 0. The Balaban J connectivity index is 0.00000484. The first-order chi connectivity index (χ1) is 28.1. The molecule has 0 unspecified atom stereocenters. The van der Waals surface area contributed by atoms with E-state index in [9.17, 15) is 10.1 Å². The average molecular weight is 1270 g/mol. The van der Waals surface area contributed by atoms with Gasteiger partial charge in [0, 0.05) is 23.5 Å². The van der Waals surface area contributed by atoms with Gasteiger partial charge in [0.2, 0.25) is 0 Å². The maximum Gasteiger partial charge on any atom is 2.00 e. The van der Waals surface area contributed by atoms with E-state index in [1.54, 1.807) is 0 Å². The van der Waals surface area contributed by atoms with Gasteiger partial charge in [-0.3, -0.25) is 10.1 Å². The fourth-order valence-corrected chi connectivity index (χ4v) is 10.6. The topological polar surface area (TPSA) is 97.1 Å². The SMILES string of the molecule is O=[N+]([O-])C1=C(Br)c2nc1c(-c1ccccc1)c1[n-]c(c(Br)c1Br)c(-c1ccccc1)c1nc(c(-c3ccccc3)c3[n-]c(c(Br)c3Br)c2-c2ccccc2)C(Br)=C1Br.[Cu+2]. The number of rotatable bonds is 5. The predicted octanol–water partition coefficient (Wildman–Crippen LogP) is 15.4. The maximum atomic E-state index is 13.3. The van der Waals surface area contributed by atoms with Crippen molar-refractivity contribution in [1.82, 2.24) is 19.9 Å². The van der Waals surface area contributed by atoms with Crippen LogP contribution in [0.1, 0.15) is 22.8 Å². The van der Waals surface area contributed by atoms with Crippen molar-refractivity contribution < 1.29 is 22.0 Å². The smallest absolute Gasteiger partial charge is 0.655 e. The van der Waals surface area contributed by atoms with E-state index in [1.165, 1.54) is 0 Å². The second-order valence-corrected chi connectivity index (χ2v) is 18.6. The van der Waals surface area contributed by atoms with Crippen molar-refractivity contribution in [2.24, 2.45) is 0 Å². The molecular weight excluding hydrogens is 1250 g/mol. The van der Waals surface area contributed by atoms with Crippen molar-refractivity contribution in [3.8, 4) is 44.5 Å². The molecule has 0 aliphatic carbocycles. The average Bonchev–Trinajstić information content (AvgIpc) is 3.92. The molecule has 7 nitrogen and oxygen atoms in total. The van der Waals surface area contributed by atoms with Crippen LogP contribution < -0.4 is 9.97 Å². The van der Waals surface area contributed by atoms with Crippen LogP contribution in [0, 0.1) is 10.1 Å². The molecule has 2 aliphatic heterocycles. The van der Waals surface area contributed by atoms with Crippen molar-refractivity contribution in [2.75, 3.05) is 0 Å². The number of nitro groups is 1. The van der Waals surface area contributed by atoms with E-state index in [0.717, 1.165) is 26.7 Å². The number of nitrogens with zero attached hydrogens (tertiary/aromatic N) is 5. The van der Waals surface area contributed by atoms with Gasteiger partial charge in [0.05, 0.1) is 31.0 Å². The number of benzene rings is 4. The number of hydrogen-bond acceptors (Lipinski definition) is 4. The summed E-state index contributed by atoms with van der Waals surface area (Å²) in [6.45, 7) is 0. The molecule has 0 spiro atoms. The van der Waals surface area contributed by atoms with Crippen LogP contribution in [-0.2, 0) is 17.1 Å². The van der Waals surface area contributed by atoms with E-state index in [4.69, 9.17) is 19.9 Å². The molecule has 2 aliphatic rings. The molecule has 0 saturated heterocycles. The van der Waals surface area contributed by atoms with Gasteiger partial charge in [0.15, 0.2) is 0 Å². The second-order valence-electron chi connectivity index (χ2n) is 13.0. The number of aromatic nitrogens is 4. The molecule has 5 heterocycles. The second kappa shape index (κ2) is 17.3. The minimum Gasteiger partial charge on any atom is -0.655 e. The summed E-state index contributed by atoms with van der Waals surface area (Å²) >= 11 is 27.2. The van der Waals surface area contributed by atoms with Gasteiger partial charge in [0.25, 0.3) is 0 Å². The molecule has 4 aromatic carbocycles. The van der Waals surface area contributed by atoms with Gasteiger partial charge >= 0.3 is 22.8 Å². The number of fused-ring (bicyclic) bond motifs is 8. The largest absolute Gasteiger partial charge is 2.00 e. The fraction of sp³-hybridized carbons (Fsp3) is 0. The Morgan fingerprint density at radius 2 is 0.661 bits per heavy atom. The molecule has 1 radical (unpaired) electrons.